The zero-order valence-electron chi connectivity index (χ0n) is 11.6. The molecule has 0 bridgehead atoms. The number of aliphatic hydroxyl groups is 1. The van der Waals surface area contributed by atoms with Crippen molar-refractivity contribution in [3.05, 3.63) is 40.9 Å². The van der Waals surface area contributed by atoms with Gasteiger partial charge in [-0.15, -0.1) is 0 Å². The van der Waals surface area contributed by atoms with Crippen molar-refractivity contribution in [3.63, 3.8) is 0 Å². The molecule has 1 atom stereocenters. The van der Waals surface area contributed by atoms with Crippen molar-refractivity contribution >= 4 is 32.4 Å². The summed E-state index contributed by atoms with van der Waals surface area (Å²) in [4.78, 5) is 0. The van der Waals surface area contributed by atoms with Crippen LogP contribution in [0, 0.1) is 5.92 Å². The Balaban J connectivity index is 2.29. The molecule has 2 aromatic carbocycles. The van der Waals surface area contributed by atoms with Crippen LogP contribution in [-0.2, 0) is 0 Å². The molecule has 19 heavy (non-hydrogen) atoms. The van der Waals surface area contributed by atoms with Crippen molar-refractivity contribution in [2.24, 2.45) is 5.92 Å². The molecule has 0 amide bonds. The number of rotatable bonds is 4. The van der Waals surface area contributed by atoms with Crippen molar-refractivity contribution in [1.29, 1.82) is 0 Å². The first-order valence-electron chi connectivity index (χ1n) is 6.55. The van der Waals surface area contributed by atoms with Gasteiger partial charge in [-0.2, -0.15) is 0 Å². The second-order valence-electron chi connectivity index (χ2n) is 5.51. The van der Waals surface area contributed by atoms with Crippen LogP contribution in [0.15, 0.2) is 40.9 Å². The lowest BCUT2D eigenvalue weighted by molar-refractivity contribution is 0.0266. The van der Waals surface area contributed by atoms with Gasteiger partial charge in [0.1, 0.15) is 0 Å². The van der Waals surface area contributed by atoms with Crippen LogP contribution >= 0.6 is 15.9 Å². The maximum atomic E-state index is 10.3. The van der Waals surface area contributed by atoms with Crippen LogP contribution in [0.4, 0.5) is 5.69 Å². The van der Waals surface area contributed by atoms with Crippen LogP contribution in [0.2, 0.25) is 0 Å². The molecule has 0 aromatic heterocycles. The Morgan fingerprint density at radius 3 is 2.42 bits per heavy atom. The summed E-state index contributed by atoms with van der Waals surface area (Å²) in [7, 11) is 0. The van der Waals surface area contributed by atoms with E-state index < -0.39 is 5.60 Å². The van der Waals surface area contributed by atoms with Crippen molar-refractivity contribution in [2.45, 2.75) is 26.4 Å². The quantitative estimate of drug-likeness (QED) is 0.873. The highest BCUT2D eigenvalue weighted by molar-refractivity contribution is 9.10. The first kappa shape index (κ1) is 14.4. The predicted octanol–water partition coefficient (Wildman–Crippen LogP) is 4.42. The third-order valence-electron chi connectivity index (χ3n) is 3.75. The molecule has 2 aromatic rings. The molecule has 2 nitrogen and oxygen atoms in total. The Labute approximate surface area is 123 Å². The van der Waals surface area contributed by atoms with Crippen molar-refractivity contribution in [2.75, 3.05) is 11.9 Å². The second kappa shape index (κ2) is 5.51. The number of halogens is 1. The van der Waals surface area contributed by atoms with Gasteiger partial charge in [0.25, 0.3) is 0 Å². The Hall–Kier alpha value is -1.06. The van der Waals surface area contributed by atoms with E-state index in [9.17, 15) is 5.11 Å². The van der Waals surface area contributed by atoms with Crippen molar-refractivity contribution in [1.82, 2.24) is 0 Å². The van der Waals surface area contributed by atoms with Gasteiger partial charge in [-0.05, 0) is 30.4 Å². The van der Waals surface area contributed by atoms with E-state index >= 15 is 0 Å². The van der Waals surface area contributed by atoms with Crippen LogP contribution in [0.25, 0.3) is 10.8 Å². The van der Waals surface area contributed by atoms with Gasteiger partial charge in [-0.1, -0.05) is 54.0 Å². The molecular weight excluding hydrogens is 302 g/mol. The van der Waals surface area contributed by atoms with E-state index in [0.29, 0.717) is 6.54 Å². The molecule has 0 aliphatic rings. The summed E-state index contributed by atoms with van der Waals surface area (Å²) in [5.41, 5.74) is 0.341. The molecule has 3 heteroatoms. The molecule has 0 fully saturated rings. The highest BCUT2D eigenvalue weighted by Crippen LogP contribution is 2.30. The maximum Gasteiger partial charge on any atom is 0.0813 e. The summed E-state index contributed by atoms with van der Waals surface area (Å²) in [5, 5.41) is 16.0. The number of hydrogen-bond donors (Lipinski definition) is 2. The van der Waals surface area contributed by atoms with E-state index in [-0.39, 0.29) is 5.92 Å². The van der Waals surface area contributed by atoms with E-state index in [4.69, 9.17) is 0 Å². The van der Waals surface area contributed by atoms with Crippen LogP contribution in [-0.4, -0.2) is 17.3 Å². The lowest BCUT2D eigenvalue weighted by Crippen LogP contribution is -2.38. The molecule has 0 saturated heterocycles. The standard InChI is InChI=1S/C16H20BrNO/c1-11(2)16(3,19)10-18-15-9-8-14(17)12-6-4-5-7-13(12)15/h4-9,11,18-19H,10H2,1-3H3. The summed E-state index contributed by atoms with van der Waals surface area (Å²) in [6.45, 7) is 6.46. The molecule has 0 aliphatic carbocycles. The number of benzene rings is 2. The summed E-state index contributed by atoms with van der Waals surface area (Å²) >= 11 is 3.57. The minimum Gasteiger partial charge on any atom is -0.388 e. The van der Waals surface area contributed by atoms with Gasteiger partial charge in [0.2, 0.25) is 0 Å². The molecule has 0 radical (unpaired) electrons. The first-order valence-corrected chi connectivity index (χ1v) is 7.34. The fraction of sp³-hybridized carbons (Fsp3) is 0.375. The van der Waals surface area contributed by atoms with Gasteiger partial charge in [0.15, 0.2) is 0 Å². The molecule has 1 unspecified atom stereocenters. The van der Waals surface area contributed by atoms with Crippen molar-refractivity contribution in [3.8, 4) is 0 Å². The fourth-order valence-corrected chi connectivity index (χ4v) is 2.37. The van der Waals surface area contributed by atoms with E-state index in [1.807, 2.05) is 45.0 Å². The number of anilines is 1. The van der Waals surface area contributed by atoms with Gasteiger partial charge in [0.05, 0.1) is 5.60 Å². The van der Waals surface area contributed by atoms with Gasteiger partial charge in [0, 0.05) is 22.1 Å². The Bertz CT molecular complexity index is 578. The SMILES string of the molecule is CC(C)C(C)(O)CNc1ccc(Br)c2ccccc12. The molecule has 2 rings (SSSR count). The Kier molecular flexibility index (Phi) is 4.16. The minimum absolute atomic E-state index is 0.210. The number of nitrogens with one attached hydrogen (secondary N) is 1. The highest BCUT2D eigenvalue weighted by Gasteiger charge is 2.24. The Morgan fingerprint density at radius 2 is 1.79 bits per heavy atom. The van der Waals surface area contributed by atoms with E-state index in [1.165, 1.54) is 5.39 Å². The summed E-state index contributed by atoms with van der Waals surface area (Å²) in [6.07, 6.45) is 0. The van der Waals surface area contributed by atoms with Crippen LogP contribution in [0.3, 0.4) is 0 Å². The maximum absolute atomic E-state index is 10.3. The minimum atomic E-state index is -0.714. The van der Waals surface area contributed by atoms with Crippen molar-refractivity contribution < 1.29 is 5.11 Å². The van der Waals surface area contributed by atoms with Crippen LogP contribution in [0.1, 0.15) is 20.8 Å². The predicted molar refractivity (Wildman–Crippen MR) is 85.6 cm³/mol. The van der Waals surface area contributed by atoms with Crippen LogP contribution in [0.5, 0.6) is 0 Å². The normalized spacial score (nSPS) is 14.6. The second-order valence-corrected chi connectivity index (χ2v) is 6.36. The third kappa shape index (κ3) is 3.10. The van der Waals surface area contributed by atoms with E-state index in [0.717, 1.165) is 15.5 Å². The summed E-state index contributed by atoms with van der Waals surface area (Å²) in [5.74, 6) is 0.210. The molecule has 2 N–H and O–H groups in total. The molecule has 102 valence electrons. The molecule has 0 aliphatic heterocycles. The summed E-state index contributed by atoms with van der Waals surface area (Å²) < 4.78 is 1.09. The van der Waals surface area contributed by atoms with E-state index in [2.05, 4.69) is 33.4 Å². The van der Waals surface area contributed by atoms with E-state index in [1.54, 1.807) is 0 Å². The van der Waals surface area contributed by atoms with Gasteiger partial charge >= 0.3 is 0 Å². The fourth-order valence-electron chi connectivity index (χ4n) is 1.89. The average Bonchev–Trinajstić information content (AvgIpc) is 2.38. The molecule has 0 heterocycles. The van der Waals surface area contributed by atoms with Gasteiger partial charge < -0.3 is 10.4 Å². The van der Waals surface area contributed by atoms with Crippen LogP contribution < -0.4 is 5.32 Å². The highest BCUT2D eigenvalue weighted by atomic mass is 79.9. The lowest BCUT2D eigenvalue weighted by atomic mass is 9.92. The zero-order valence-corrected chi connectivity index (χ0v) is 13.2. The molecular formula is C16H20BrNO. The summed E-state index contributed by atoms with van der Waals surface area (Å²) in [6, 6.07) is 12.3. The molecule has 0 spiro atoms. The van der Waals surface area contributed by atoms with Gasteiger partial charge in [-0.3, -0.25) is 0 Å². The zero-order chi connectivity index (χ0) is 14.0. The Morgan fingerprint density at radius 1 is 1.16 bits per heavy atom. The molecule has 0 saturated carbocycles. The first-order chi connectivity index (χ1) is 8.92. The largest absolute Gasteiger partial charge is 0.388 e. The smallest absolute Gasteiger partial charge is 0.0813 e. The average molecular weight is 322 g/mol. The number of hydrogen-bond acceptors (Lipinski definition) is 2. The monoisotopic (exact) mass is 321 g/mol. The third-order valence-corrected chi connectivity index (χ3v) is 4.44. The number of fused-ring (bicyclic) bond motifs is 1. The topological polar surface area (TPSA) is 32.3 Å². The van der Waals surface area contributed by atoms with Gasteiger partial charge in [-0.25, -0.2) is 0 Å². The lowest BCUT2D eigenvalue weighted by Gasteiger charge is -2.28.